The van der Waals surface area contributed by atoms with Crippen LogP contribution in [0, 0.1) is 0 Å². The first-order valence-electron chi connectivity index (χ1n) is 6.95. The van der Waals surface area contributed by atoms with Crippen molar-refractivity contribution in [3.8, 4) is 0 Å². The molecule has 0 saturated heterocycles. The monoisotopic (exact) mass is 362 g/mol. The van der Waals surface area contributed by atoms with Crippen LogP contribution in [0.25, 0.3) is 0 Å². The number of sulfonamides is 1. The molecule has 1 rings (SSSR count). The lowest BCUT2D eigenvalue weighted by Crippen LogP contribution is -2.31. The van der Waals surface area contributed by atoms with Gasteiger partial charge in [-0.15, -0.1) is 0 Å². The Labute approximate surface area is 140 Å². The number of ether oxygens (including phenoxy) is 1. The molecule has 0 aliphatic rings. The Morgan fingerprint density at radius 1 is 1.26 bits per heavy atom. The summed E-state index contributed by atoms with van der Waals surface area (Å²) >= 11 is 5.97. The third-order valence-electron chi connectivity index (χ3n) is 3.10. The fraction of sp³-hybridized carbons (Fsp3) is 0.429. The molecule has 1 amide bonds. The molecule has 9 heteroatoms. The highest BCUT2D eigenvalue weighted by atomic mass is 35.5. The van der Waals surface area contributed by atoms with Crippen molar-refractivity contribution in [1.29, 1.82) is 0 Å². The summed E-state index contributed by atoms with van der Waals surface area (Å²) in [5, 5.41) is 2.32. The van der Waals surface area contributed by atoms with Crippen molar-refractivity contribution in [1.82, 2.24) is 9.62 Å². The highest BCUT2D eigenvalue weighted by Gasteiger charge is 2.25. The fourth-order valence-corrected chi connectivity index (χ4v) is 3.78. The van der Waals surface area contributed by atoms with E-state index >= 15 is 0 Å². The van der Waals surface area contributed by atoms with Gasteiger partial charge in [-0.1, -0.05) is 25.4 Å². The first-order valence-corrected chi connectivity index (χ1v) is 8.77. The molecule has 0 heterocycles. The van der Waals surface area contributed by atoms with Gasteiger partial charge in [0.05, 0.1) is 10.6 Å². The molecule has 0 aliphatic heterocycles. The molecule has 1 aromatic carbocycles. The van der Waals surface area contributed by atoms with E-state index in [4.69, 9.17) is 16.3 Å². The van der Waals surface area contributed by atoms with Crippen molar-refractivity contribution in [3.63, 3.8) is 0 Å². The van der Waals surface area contributed by atoms with Crippen LogP contribution < -0.4 is 5.32 Å². The van der Waals surface area contributed by atoms with E-state index in [1.807, 2.05) is 0 Å². The van der Waals surface area contributed by atoms with Crippen LogP contribution in [0.2, 0.25) is 5.02 Å². The first-order chi connectivity index (χ1) is 10.8. The molecule has 0 saturated carbocycles. The van der Waals surface area contributed by atoms with Gasteiger partial charge in [-0.2, -0.15) is 4.31 Å². The molecule has 1 N–H and O–H groups in total. The number of carbonyl (C=O) groups is 2. The van der Waals surface area contributed by atoms with Crippen LogP contribution in [0.3, 0.4) is 0 Å². The standard InChI is InChI=1S/C14H19ClN2O5S/c1-4-17(5-2)23(20,21)12-8-10(6-7-11(12)15)14(19)22-9-13(18)16-3/h6-8H,4-5,9H2,1-3H3,(H,16,18). The van der Waals surface area contributed by atoms with Gasteiger partial charge in [-0.05, 0) is 18.2 Å². The zero-order valence-corrected chi connectivity index (χ0v) is 14.7. The van der Waals surface area contributed by atoms with E-state index in [-0.39, 0.29) is 28.6 Å². The quantitative estimate of drug-likeness (QED) is 0.737. The molecule has 0 unspecified atom stereocenters. The lowest BCUT2D eigenvalue weighted by Gasteiger charge is -2.19. The maximum absolute atomic E-state index is 12.5. The van der Waals surface area contributed by atoms with Gasteiger partial charge in [0.1, 0.15) is 4.90 Å². The Kier molecular flexibility index (Phi) is 6.99. The lowest BCUT2D eigenvalue weighted by molar-refractivity contribution is -0.123. The highest BCUT2D eigenvalue weighted by Crippen LogP contribution is 2.26. The molecular weight excluding hydrogens is 344 g/mol. The minimum Gasteiger partial charge on any atom is -0.452 e. The maximum Gasteiger partial charge on any atom is 0.338 e. The second-order valence-electron chi connectivity index (χ2n) is 4.48. The normalized spacial score (nSPS) is 11.3. The van der Waals surface area contributed by atoms with Gasteiger partial charge >= 0.3 is 5.97 Å². The summed E-state index contributed by atoms with van der Waals surface area (Å²) < 4.78 is 31.1. The molecule has 23 heavy (non-hydrogen) atoms. The first kappa shape index (κ1) is 19.4. The average molecular weight is 363 g/mol. The van der Waals surface area contributed by atoms with E-state index in [1.54, 1.807) is 13.8 Å². The SMILES string of the molecule is CCN(CC)S(=O)(=O)c1cc(C(=O)OCC(=O)NC)ccc1Cl. The smallest absolute Gasteiger partial charge is 0.338 e. The van der Waals surface area contributed by atoms with Crippen molar-refractivity contribution in [2.75, 3.05) is 26.7 Å². The Morgan fingerprint density at radius 2 is 1.87 bits per heavy atom. The molecule has 0 spiro atoms. The molecule has 7 nitrogen and oxygen atoms in total. The largest absolute Gasteiger partial charge is 0.452 e. The van der Waals surface area contributed by atoms with Crippen molar-refractivity contribution in [2.45, 2.75) is 18.7 Å². The van der Waals surface area contributed by atoms with Crippen molar-refractivity contribution < 1.29 is 22.7 Å². The minimum absolute atomic E-state index is 0.00374. The van der Waals surface area contributed by atoms with E-state index in [9.17, 15) is 18.0 Å². The molecule has 1 aromatic rings. The zero-order valence-electron chi connectivity index (χ0n) is 13.1. The number of esters is 1. The predicted octanol–water partition coefficient (Wildman–Crippen LogP) is 1.27. The number of hydrogen-bond acceptors (Lipinski definition) is 5. The zero-order chi connectivity index (χ0) is 17.6. The molecule has 0 atom stereocenters. The van der Waals surface area contributed by atoms with Gasteiger partial charge in [0, 0.05) is 20.1 Å². The number of benzene rings is 1. The van der Waals surface area contributed by atoms with Crippen LogP contribution in [-0.2, 0) is 19.6 Å². The summed E-state index contributed by atoms with van der Waals surface area (Å²) in [5.41, 5.74) is 0.00374. The van der Waals surface area contributed by atoms with E-state index in [1.165, 1.54) is 23.5 Å². The molecule has 0 aromatic heterocycles. The average Bonchev–Trinajstić information content (AvgIpc) is 2.53. The number of amides is 1. The number of hydrogen-bond donors (Lipinski definition) is 1. The number of rotatable bonds is 7. The van der Waals surface area contributed by atoms with Crippen LogP contribution in [0.15, 0.2) is 23.1 Å². The number of likely N-dealkylation sites (N-methyl/N-ethyl adjacent to an activating group) is 1. The van der Waals surface area contributed by atoms with Gasteiger partial charge in [-0.25, -0.2) is 13.2 Å². The van der Waals surface area contributed by atoms with Crippen LogP contribution >= 0.6 is 11.6 Å². The van der Waals surface area contributed by atoms with Gasteiger partial charge in [0.15, 0.2) is 6.61 Å². The van der Waals surface area contributed by atoms with Crippen molar-refractivity contribution in [3.05, 3.63) is 28.8 Å². The second kappa shape index (κ2) is 8.28. The Balaban J connectivity index is 3.13. The maximum atomic E-state index is 12.5. The van der Waals surface area contributed by atoms with E-state index in [0.717, 1.165) is 6.07 Å². The number of nitrogens with one attached hydrogen (secondary N) is 1. The minimum atomic E-state index is -3.81. The van der Waals surface area contributed by atoms with Gasteiger partial charge in [0.2, 0.25) is 10.0 Å². The van der Waals surface area contributed by atoms with Gasteiger partial charge < -0.3 is 10.1 Å². The molecule has 128 valence electrons. The third kappa shape index (κ3) is 4.66. The van der Waals surface area contributed by atoms with E-state index < -0.39 is 28.5 Å². The van der Waals surface area contributed by atoms with Crippen LogP contribution in [0.1, 0.15) is 24.2 Å². The Hall–Kier alpha value is -1.64. The molecule has 0 aliphatic carbocycles. The molecule has 0 bridgehead atoms. The molecule has 0 fully saturated rings. The fourth-order valence-electron chi connectivity index (χ4n) is 1.82. The third-order valence-corrected chi connectivity index (χ3v) is 5.63. The molecular formula is C14H19ClN2O5S. The summed E-state index contributed by atoms with van der Waals surface area (Å²) in [6.07, 6.45) is 0. The summed E-state index contributed by atoms with van der Waals surface area (Å²) in [6.45, 7) is 3.52. The van der Waals surface area contributed by atoms with Crippen LogP contribution in [0.4, 0.5) is 0 Å². The summed E-state index contributed by atoms with van der Waals surface area (Å²) in [7, 11) is -2.40. The summed E-state index contributed by atoms with van der Waals surface area (Å²) in [5.74, 6) is -1.27. The van der Waals surface area contributed by atoms with Crippen LogP contribution in [-0.4, -0.2) is 51.3 Å². The summed E-state index contributed by atoms with van der Waals surface area (Å²) in [4.78, 5) is 22.8. The van der Waals surface area contributed by atoms with Crippen molar-refractivity contribution >= 4 is 33.5 Å². The number of carbonyl (C=O) groups excluding carboxylic acids is 2. The van der Waals surface area contributed by atoms with Crippen LogP contribution in [0.5, 0.6) is 0 Å². The predicted molar refractivity (Wildman–Crippen MR) is 85.9 cm³/mol. The van der Waals surface area contributed by atoms with E-state index in [0.29, 0.717) is 0 Å². The Morgan fingerprint density at radius 3 is 2.39 bits per heavy atom. The lowest BCUT2D eigenvalue weighted by atomic mass is 10.2. The number of halogens is 1. The highest BCUT2D eigenvalue weighted by molar-refractivity contribution is 7.89. The summed E-state index contributed by atoms with van der Waals surface area (Å²) in [6, 6.07) is 3.81. The van der Waals surface area contributed by atoms with E-state index in [2.05, 4.69) is 5.32 Å². The Bertz CT molecular complexity index is 686. The number of nitrogens with zero attached hydrogens (tertiary/aromatic N) is 1. The topological polar surface area (TPSA) is 92.8 Å². The van der Waals surface area contributed by atoms with Crippen molar-refractivity contribution in [2.24, 2.45) is 0 Å². The van der Waals surface area contributed by atoms with Gasteiger partial charge in [-0.3, -0.25) is 4.79 Å². The second-order valence-corrected chi connectivity index (χ2v) is 6.80. The molecule has 0 radical (unpaired) electrons. The van der Waals surface area contributed by atoms with Gasteiger partial charge in [0.25, 0.3) is 5.91 Å².